The molecule has 0 spiro atoms. The van der Waals surface area contributed by atoms with E-state index < -0.39 is 0 Å². The highest BCUT2D eigenvalue weighted by molar-refractivity contribution is 7.73. The van der Waals surface area contributed by atoms with E-state index in [1.54, 1.807) is 17.7 Å². The summed E-state index contributed by atoms with van der Waals surface area (Å²) in [4.78, 5) is 13.6. The molecule has 0 bridgehead atoms. The number of furan rings is 1. The van der Waals surface area contributed by atoms with Crippen LogP contribution in [0.4, 0.5) is 0 Å². The smallest absolute Gasteiger partial charge is 0.341 e. The van der Waals surface area contributed by atoms with E-state index >= 15 is 0 Å². The van der Waals surface area contributed by atoms with Gasteiger partial charge in [0.05, 0.1) is 20.3 Å². The number of hydrogen-bond donors (Lipinski definition) is 0. The Hall–Kier alpha value is -1.51. The monoisotopic (exact) mass is 327 g/mol. The first-order valence-corrected chi connectivity index (χ1v) is 7.54. The number of ether oxygens (including phenoxy) is 1. The Balaban J connectivity index is 2.06. The van der Waals surface area contributed by atoms with Crippen molar-refractivity contribution in [2.45, 2.75) is 27.1 Å². The van der Waals surface area contributed by atoms with E-state index in [4.69, 9.17) is 21.4 Å². The third kappa shape index (κ3) is 3.78. The van der Waals surface area contributed by atoms with Gasteiger partial charge in [0.2, 0.25) is 0 Å². The number of carbonyl (C=O) groups excluding carboxylic acids is 1. The number of aryl methyl sites for hydroxylation is 2. The third-order valence-electron chi connectivity index (χ3n) is 2.88. The van der Waals surface area contributed by atoms with Crippen molar-refractivity contribution in [1.29, 1.82) is 0 Å². The summed E-state index contributed by atoms with van der Waals surface area (Å²) in [5.41, 5.74) is 0.460. The van der Waals surface area contributed by atoms with Gasteiger partial charge in [-0.25, -0.2) is 9.48 Å². The summed E-state index contributed by atoms with van der Waals surface area (Å²) in [6, 6.07) is 1.71. The second kappa shape index (κ2) is 6.50. The van der Waals surface area contributed by atoms with Crippen molar-refractivity contribution in [3.05, 3.63) is 32.1 Å². The van der Waals surface area contributed by atoms with Crippen molar-refractivity contribution < 1.29 is 13.9 Å². The maximum absolute atomic E-state index is 11.5. The first-order chi connectivity index (χ1) is 9.90. The summed E-state index contributed by atoms with van der Waals surface area (Å²) >= 11 is 6.72. The minimum absolute atomic E-state index is 0.387. The van der Waals surface area contributed by atoms with E-state index in [-0.39, 0.29) is 5.97 Å². The van der Waals surface area contributed by atoms with Gasteiger partial charge >= 0.3 is 5.97 Å². The lowest BCUT2D eigenvalue weighted by molar-refractivity contribution is 0.0599. The average Bonchev–Trinajstić information content (AvgIpc) is 2.91. The summed E-state index contributed by atoms with van der Waals surface area (Å²) in [6.07, 6.45) is 0. The van der Waals surface area contributed by atoms with Crippen LogP contribution in [0.25, 0.3) is 0 Å². The molecule has 0 N–H and O–H groups in total. The Bertz CT molecular complexity index is 702. The Labute approximate surface area is 131 Å². The van der Waals surface area contributed by atoms with Crippen LogP contribution in [0.1, 0.15) is 26.9 Å². The molecule has 2 heterocycles. The number of methoxy groups -OCH3 is 1. The van der Waals surface area contributed by atoms with Crippen LogP contribution in [0.5, 0.6) is 0 Å². The topological polar surface area (TPSA) is 60.5 Å². The van der Waals surface area contributed by atoms with Crippen molar-refractivity contribution in [3.8, 4) is 0 Å². The minimum atomic E-state index is -0.387. The van der Waals surface area contributed by atoms with E-state index in [0.29, 0.717) is 30.3 Å². The molecule has 8 heteroatoms. The van der Waals surface area contributed by atoms with E-state index in [9.17, 15) is 4.79 Å². The Kier molecular flexibility index (Phi) is 4.92. The van der Waals surface area contributed by atoms with E-state index in [2.05, 4.69) is 5.10 Å². The highest BCUT2D eigenvalue weighted by Gasteiger charge is 2.16. The van der Waals surface area contributed by atoms with Gasteiger partial charge in [0.25, 0.3) is 0 Å². The SMILES string of the molecule is COC(=O)c1cc(CN(C)Cn2nc(C)sc2=S)oc1C. The van der Waals surface area contributed by atoms with Gasteiger partial charge in [-0.3, -0.25) is 4.90 Å². The standard InChI is InChI=1S/C13H17N3O3S2/c1-8-11(12(17)18-4)5-10(19-8)6-15(3)7-16-13(20)21-9(2)14-16/h5H,6-7H2,1-4H3. The third-order valence-corrected chi connectivity index (χ3v) is 4.11. The molecule has 0 fully saturated rings. The number of carbonyl (C=O) groups is 1. The van der Waals surface area contributed by atoms with Crippen LogP contribution >= 0.6 is 23.6 Å². The fraction of sp³-hybridized carbons (Fsp3) is 0.462. The van der Waals surface area contributed by atoms with Gasteiger partial charge in [-0.05, 0) is 39.2 Å². The normalized spacial score (nSPS) is 11.1. The van der Waals surface area contributed by atoms with Crippen LogP contribution in [0.15, 0.2) is 10.5 Å². The van der Waals surface area contributed by atoms with Crippen LogP contribution in [0.3, 0.4) is 0 Å². The molecule has 0 saturated heterocycles. The molecule has 0 aromatic carbocycles. The van der Waals surface area contributed by atoms with Gasteiger partial charge in [-0.1, -0.05) is 11.3 Å². The highest BCUT2D eigenvalue weighted by Crippen LogP contribution is 2.17. The second-order valence-electron chi connectivity index (χ2n) is 4.72. The molecule has 0 aliphatic heterocycles. The van der Waals surface area contributed by atoms with Gasteiger partial charge in [-0.15, -0.1) is 0 Å². The van der Waals surface area contributed by atoms with Gasteiger partial charge < -0.3 is 9.15 Å². The maximum Gasteiger partial charge on any atom is 0.341 e. The molecule has 6 nitrogen and oxygen atoms in total. The maximum atomic E-state index is 11.5. The van der Waals surface area contributed by atoms with Gasteiger partial charge in [0.15, 0.2) is 3.95 Å². The van der Waals surface area contributed by atoms with Crippen LogP contribution in [0, 0.1) is 17.8 Å². The summed E-state index contributed by atoms with van der Waals surface area (Å²) in [7, 11) is 3.29. The van der Waals surface area contributed by atoms with Crippen LogP contribution < -0.4 is 0 Å². The van der Waals surface area contributed by atoms with Crippen molar-refractivity contribution in [3.63, 3.8) is 0 Å². The fourth-order valence-electron chi connectivity index (χ4n) is 1.98. The lowest BCUT2D eigenvalue weighted by atomic mass is 10.2. The quantitative estimate of drug-likeness (QED) is 0.622. The number of hydrogen-bond acceptors (Lipinski definition) is 7. The molecule has 21 heavy (non-hydrogen) atoms. The van der Waals surface area contributed by atoms with Crippen molar-refractivity contribution in [2.24, 2.45) is 0 Å². The van der Waals surface area contributed by atoms with Crippen molar-refractivity contribution in [1.82, 2.24) is 14.7 Å². The molecular formula is C13H17N3O3S2. The Morgan fingerprint density at radius 3 is 2.86 bits per heavy atom. The molecule has 0 unspecified atom stereocenters. The van der Waals surface area contributed by atoms with E-state index in [1.807, 2.05) is 18.9 Å². The van der Waals surface area contributed by atoms with Gasteiger partial charge in [0, 0.05) is 0 Å². The molecule has 0 atom stereocenters. The first kappa shape index (κ1) is 15.9. The molecule has 0 radical (unpaired) electrons. The zero-order valence-corrected chi connectivity index (χ0v) is 14.0. The molecular weight excluding hydrogens is 310 g/mol. The second-order valence-corrected chi connectivity index (χ2v) is 6.54. The lowest BCUT2D eigenvalue weighted by Crippen LogP contribution is -2.22. The van der Waals surface area contributed by atoms with Crippen LogP contribution in [0.2, 0.25) is 0 Å². The number of aromatic nitrogens is 2. The van der Waals surface area contributed by atoms with E-state index in [0.717, 1.165) is 8.96 Å². The molecule has 0 amide bonds. The Morgan fingerprint density at radius 2 is 2.29 bits per heavy atom. The van der Waals surface area contributed by atoms with Gasteiger partial charge in [0.1, 0.15) is 22.1 Å². The summed E-state index contributed by atoms with van der Waals surface area (Å²) in [5.74, 6) is 0.878. The molecule has 2 aromatic heterocycles. The Morgan fingerprint density at radius 1 is 1.57 bits per heavy atom. The van der Waals surface area contributed by atoms with Crippen LogP contribution in [-0.4, -0.2) is 34.8 Å². The van der Waals surface area contributed by atoms with Crippen molar-refractivity contribution in [2.75, 3.05) is 14.2 Å². The average molecular weight is 327 g/mol. The number of nitrogens with zero attached hydrogens (tertiary/aromatic N) is 3. The molecule has 0 aliphatic rings. The predicted octanol–water partition coefficient (Wildman–Crippen LogP) is 2.76. The first-order valence-electron chi connectivity index (χ1n) is 6.31. The summed E-state index contributed by atoms with van der Waals surface area (Å²) < 4.78 is 12.8. The largest absolute Gasteiger partial charge is 0.465 e. The zero-order valence-electron chi connectivity index (χ0n) is 12.4. The molecule has 114 valence electrons. The van der Waals surface area contributed by atoms with Crippen LogP contribution in [-0.2, 0) is 18.0 Å². The lowest BCUT2D eigenvalue weighted by Gasteiger charge is -2.14. The van der Waals surface area contributed by atoms with Crippen molar-refractivity contribution >= 4 is 29.5 Å². The number of esters is 1. The highest BCUT2D eigenvalue weighted by atomic mass is 32.1. The molecule has 2 rings (SSSR count). The summed E-state index contributed by atoms with van der Waals surface area (Å²) in [5, 5.41) is 5.28. The fourth-order valence-corrected chi connectivity index (χ4v) is 3.03. The molecule has 0 saturated carbocycles. The molecule has 2 aromatic rings. The van der Waals surface area contributed by atoms with Gasteiger partial charge in [-0.2, -0.15) is 5.10 Å². The number of rotatable bonds is 5. The van der Waals surface area contributed by atoms with E-state index in [1.165, 1.54) is 18.4 Å². The predicted molar refractivity (Wildman–Crippen MR) is 81.9 cm³/mol. The summed E-state index contributed by atoms with van der Waals surface area (Å²) in [6.45, 7) is 4.79. The zero-order chi connectivity index (χ0) is 15.6. The minimum Gasteiger partial charge on any atom is -0.465 e. The molecule has 0 aliphatic carbocycles.